The fourth-order valence-corrected chi connectivity index (χ4v) is 1.47. The van der Waals surface area contributed by atoms with Crippen molar-refractivity contribution in [3.63, 3.8) is 0 Å². The second kappa shape index (κ2) is 6.40. The van der Waals surface area contributed by atoms with Gasteiger partial charge in [0.25, 0.3) is 5.91 Å². The number of nitrogens with zero attached hydrogens (tertiary/aromatic N) is 1. The zero-order chi connectivity index (χ0) is 13.5. The number of rotatable bonds is 5. The van der Waals surface area contributed by atoms with Crippen LogP contribution < -0.4 is 5.32 Å². The Bertz CT molecular complexity index is 491. The lowest BCUT2D eigenvalue weighted by atomic mass is 10.1. The first kappa shape index (κ1) is 13.7. The van der Waals surface area contributed by atoms with Crippen molar-refractivity contribution in [2.45, 2.75) is 25.8 Å². The maximum atomic E-state index is 11.9. The first-order valence-electron chi connectivity index (χ1n) is 5.55. The molecule has 0 bridgehead atoms. The number of carbonyl (C=O) groups excluding carboxylic acids is 1. The largest absolute Gasteiger partial charge is 0.478 e. The molecule has 94 valence electrons. The Kier molecular flexibility index (Phi) is 4.88. The van der Waals surface area contributed by atoms with Crippen LogP contribution in [0.15, 0.2) is 18.3 Å². The molecule has 0 radical (unpaired) electrons. The summed E-state index contributed by atoms with van der Waals surface area (Å²) in [5.74, 6) is 0.686. The van der Waals surface area contributed by atoms with Crippen LogP contribution in [0, 0.1) is 12.3 Å². The Morgan fingerprint density at radius 2 is 2.33 bits per heavy atom. The van der Waals surface area contributed by atoms with E-state index in [1.807, 2.05) is 6.92 Å². The molecule has 0 aromatic carbocycles. The molecule has 5 heteroatoms. The predicted molar refractivity (Wildman–Crippen MR) is 66.2 cm³/mol. The number of terminal acetylenes is 1. The summed E-state index contributed by atoms with van der Waals surface area (Å²) in [7, 11) is 0. The molecule has 1 aromatic rings. The van der Waals surface area contributed by atoms with Crippen LogP contribution in [0.2, 0.25) is 0 Å². The average Bonchev–Trinajstić information content (AvgIpc) is 2.38. The van der Waals surface area contributed by atoms with Gasteiger partial charge in [0.2, 0.25) is 0 Å². The SMILES string of the molecule is C#CC(CCC)NC(=O)c1ncccc1C(=O)O. The van der Waals surface area contributed by atoms with Gasteiger partial charge in [0.05, 0.1) is 11.6 Å². The molecule has 2 N–H and O–H groups in total. The van der Waals surface area contributed by atoms with Crippen molar-refractivity contribution < 1.29 is 14.7 Å². The quantitative estimate of drug-likeness (QED) is 0.768. The van der Waals surface area contributed by atoms with Crippen LogP contribution >= 0.6 is 0 Å². The summed E-state index contributed by atoms with van der Waals surface area (Å²) >= 11 is 0. The summed E-state index contributed by atoms with van der Waals surface area (Å²) in [5.41, 5.74) is -0.261. The summed E-state index contributed by atoms with van der Waals surface area (Å²) in [5, 5.41) is 11.5. The Morgan fingerprint density at radius 3 is 2.89 bits per heavy atom. The molecule has 1 amide bonds. The van der Waals surface area contributed by atoms with Gasteiger partial charge in [-0.15, -0.1) is 6.42 Å². The van der Waals surface area contributed by atoms with E-state index < -0.39 is 17.9 Å². The highest BCUT2D eigenvalue weighted by molar-refractivity contribution is 6.03. The maximum Gasteiger partial charge on any atom is 0.338 e. The van der Waals surface area contributed by atoms with Crippen molar-refractivity contribution >= 4 is 11.9 Å². The van der Waals surface area contributed by atoms with Crippen LogP contribution in [-0.4, -0.2) is 28.0 Å². The van der Waals surface area contributed by atoms with Crippen LogP contribution in [-0.2, 0) is 0 Å². The smallest absolute Gasteiger partial charge is 0.338 e. The summed E-state index contributed by atoms with van der Waals surface area (Å²) in [6.07, 6.45) is 8.11. The monoisotopic (exact) mass is 246 g/mol. The second-order valence-electron chi connectivity index (χ2n) is 3.69. The molecule has 0 fully saturated rings. The number of hydrogen-bond donors (Lipinski definition) is 2. The molecule has 1 unspecified atom stereocenters. The molecular formula is C13H14N2O3. The Labute approximate surface area is 105 Å². The molecule has 0 spiro atoms. The molecule has 1 rings (SSSR count). The van der Waals surface area contributed by atoms with Gasteiger partial charge in [-0.3, -0.25) is 9.78 Å². The molecule has 1 atom stereocenters. The van der Waals surface area contributed by atoms with Crippen molar-refractivity contribution in [2.24, 2.45) is 0 Å². The van der Waals surface area contributed by atoms with E-state index in [9.17, 15) is 9.59 Å². The molecule has 0 aliphatic heterocycles. The summed E-state index contributed by atoms with van der Waals surface area (Å²) < 4.78 is 0. The standard InChI is InChI=1S/C13H14N2O3/c1-3-6-9(4-2)15-12(16)11-10(13(17)18)7-5-8-14-11/h2,5,7-9H,3,6H2,1H3,(H,15,16)(H,17,18). The first-order valence-corrected chi connectivity index (χ1v) is 5.55. The van der Waals surface area contributed by atoms with Crippen molar-refractivity contribution in [1.29, 1.82) is 0 Å². The van der Waals surface area contributed by atoms with E-state index in [1.165, 1.54) is 18.3 Å². The van der Waals surface area contributed by atoms with E-state index in [1.54, 1.807) is 0 Å². The zero-order valence-corrected chi connectivity index (χ0v) is 10.0. The fourth-order valence-electron chi connectivity index (χ4n) is 1.47. The third kappa shape index (κ3) is 3.32. The molecular weight excluding hydrogens is 232 g/mol. The normalized spacial score (nSPS) is 11.3. The molecule has 0 aliphatic rings. The van der Waals surface area contributed by atoms with E-state index in [0.717, 1.165) is 6.42 Å². The van der Waals surface area contributed by atoms with Crippen molar-refractivity contribution in [1.82, 2.24) is 10.3 Å². The summed E-state index contributed by atoms with van der Waals surface area (Å²) in [6.45, 7) is 1.94. The van der Waals surface area contributed by atoms with Gasteiger partial charge in [0.1, 0.15) is 5.69 Å². The highest BCUT2D eigenvalue weighted by Gasteiger charge is 2.19. The number of aromatic carboxylic acids is 1. The number of amides is 1. The minimum Gasteiger partial charge on any atom is -0.478 e. The van der Waals surface area contributed by atoms with Gasteiger partial charge in [-0.25, -0.2) is 4.79 Å². The first-order chi connectivity index (χ1) is 8.60. The van der Waals surface area contributed by atoms with Gasteiger partial charge in [-0.2, -0.15) is 0 Å². The number of aromatic nitrogens is 1. The van der Waals surface area contributed by atoms with Gasteiger partial charge in [0.15, 0.2) is 0 Å². The van der Waals surface area contributed by atoms with E-state index in [2.05, 4.69) is 16.2 Å². The molecule has 0 aliphatic carbocycles. The van der Waals surface area contributed by atoms with E-state index in [-0.39, 0.29) is 11.3 Å². The van der Waals surface area contributed by atoms with Gasteiger partial charge in [0, 0.05) is 6.20 Å². The van der Waals surface area contributed by atoms with Crippen LogP contribution in [0.4, 0.5) is 0 Å². The third-order valence-electron chi connectivity index (χ3n) is 2.34. The van der Waals surface area contributed by atoms with Crippen LogP contribution in [0.5, 0.6) is 0 Å². The Morgan fingerprint density at radius 1 is 1.61 bits per heavy atom. The van der Waals surface area contributed by atoms with E-state index in [0.29, 0.717) is 6.42 Å². The maximum absolute atomic E-state index is 11.9. The van der Waals surface area contributed by atoms with E-state index in [4.69, 9.17) is 11.5 Å². The van der Waals surface area contributed by atoms with Gasteiger partial charge >= 0.3 is 5.97 Å². The number of carbonyl (C=O) groups is 2. The third-order valence-corrected chi connectivity index (χ3v) is 2.34. The second-order valence-corrected chi connectivity index (χ2v) is 3.69. The summed E-state index contributed by atoms with van der Waals surface area (Å²) in [4.78, 5) is 26.6. The molecule has 1 heterocycles. The molecule has 0 saturated heterocycles. The Hall–Kier alpha value is -2.35. The van der Waals surface area contributed by atoms with Crippen LogP contribution in [0.3, 0.4) is 0 Å². The molecule has 18 heavy (non-hydrogen) atoms. The molecule has 0 saturated carbocycles. The number of pyridine rings is 1. The minimum atomic E-state index is -1.19. The van der Waals surface area contributed by atoms with Gasteiger partial charge in [-0.05, 0) is 18.6 Å². The average molecular weight is 246 g/mol. The fraction of sp³-hybridized carbons (Fsp3) is 0.308. The molecule has 1 aromatic heterocycles. The van der Waals surface area contributed by atoms with Crippen molar-refractivity contribution in [3.05, 3.63) is 29.6 Å². The van der Waals surface area contributed by atoms with Crippen molar-refractivity contribution in [3.8, 4) is 12.3 Å². The van der Waals surface area contributed by atoms with Gasteiger partial charge < -0.3 is 10.4 Å². The zero-order valence-electron chi connectivity index (χ0n) is 10.0. The lowest BCUT2D eigenvalue weighted by Crippen LogP contribution is -2.35. The topological polar surface area (TPSA) is 79.3 Å². The lowest BCUT2D eigenvalue weighted by Gasteiger charge is -2.12. The minimum absolute atomic E-state index is 0.124. The van der Waals surface area contributed by atoms with Gasteiger partial charge in [-0.1, -0.05) is 19.3 Å². The lowest BCUT2D eigenvalue weighted by molar-refractivity contribution is 0.0689. The van der Waals surface area contributed by atoms with Crippen LogP contribution in [0.25, 0.3) is 0 Å². The highest BCUT2D eigenvalue weighted by atomic mass is 16.4. The number of hydrogen-bond acceptors (Lipinski definition) is 3. The number of carboxylic acid groups (broad SMARTS) is 1. The summed E-state index contributed by atoms with van der Waals surface area (Å²) in [6, 6.07) is 2.38. The number of nitrogens with one attached hydrogen (secondary N) is 1. The van der Waals surface area contributed by atoms with Crippen molar-refractivity contribution in [2.75, 3.05) is 0 Å². The highest BCUT2D eigenvalue weighted by Crippen LogP contribution is 2.06. The predicted octanol–water partition coefficient (Wildman–Crippen LogP) is 1.31. The number of carboxylic acids is 1. The molecule has 5 nitrogen and oxygen atoms in total. The van der Waals surface area contributed by atoms with Crippen LogP contribution in [0.1, 0.15) is 40.6 Å². The van der Waals surface area contributed by atoms with E-state index >= 15 is 0 Å². The Balaban J connectivity index is 2.91.